The highest BCUT2D eigenvalue weighted by atomic mass is 32.2. The number of ether oxygens (including phenoxy) is 1. The molecule has 7 heteroatoms. The number of nitrogens with one attached hydrogen (secondary N) is 1. The lowest BCUT2D eigenvalue weighted by Crippen LogP contribution is -2.33. The summed E-state index contributed by atoms with van der Waals surface area (Å²) in [6, 6.07) is 14.5. The van der Waals surface area contributed by atoms with Gasteiger partial charge in [-0.2, -0.15) is 0 Å². The van der Waals surface area contributed by atoms with E-state index < -0.39 is 28.6 Å². The summed E-state index contributed by atoms with van der Waals surface area (Å²) < 4.78 is 31.2. The van der Waals surface area contributed by atoms with Crippen molar-refractivity contribution in [1.82, 2.24) is 4.72 Å². The van der Waals surface area contributed by atoms with Crippen molar-refractivity contribution in [3.8, 4) is 0 Å². The van der Waals surface area contributed by atoms with Gasteiger partial charge < -0.3 is 4.74 Å². The molecule has 2 aromatic rings. The lowest BCUT2D eigenvalue weighted by Gasteiger charge is -2.13. The lowest BCUT2D eigenvalue weighted by molar-refractivity contribution is -0.144. The average molecular weight is 413 g/mol. The molecule has 0 heterocycles. The molecule has 0 radical (unpaired) electrons. The van der Waals surface area contributed by atoms with Gasteiger partial charge in [-0.05, 0) is 55.0 Å². The van der Waals surface area contributed by atoms with Crippen LogP contribution < -0.4 is 4.72 Å². The first-order valence-electron chi connectivity index (χ1n) is 9.42. The molecule has 0 bridgehead atoms. The van der Waals surface area contributed by atoms with E-state index in [0.29, 0.717) is 11.1 Å². The maximum Gasteiger partial charge on any atom is 0.321 e. The number of carbonyl (C=O) groups is 2. The number of esters is 1. The summed E-state index contributed by atoms with van der Waals surface area (Å²) in [5.41, 5.74) is 3.63. The maximum absolute atomic E-state index is 12.5. The van der Waals surface area contributed by atoms with Gasteiger partial charge >= 0.3 is 5.97 Å². The Bertz CT molecular complexity index is 1030. The van der Waals surface area contributed by atoms with Gasteiger partial charge in [-0.25, -0.2) is 13.1 Å². The van der Waals surface area contributed by atoms with Crippen LogP contribution in [0.25, 0.3) is 6.08 Å². The summed E-state index contributed by atoms with van der Waals surface area (Å²) in [6.45, 7) is 0.931. The standard InChI is InChI=1S/C22H23NO5S/c1-16(22(25)20-11-10-18-8-5-9-19(18)14-20)28-21(24)15-23-29(26,27)13-12-17-6-3-2-4-7-17/h2-4,6-7,10-14,16,23H,5,8-9,15H2,1H3/b13-12+/t16-/m0/s1. The Morgan fingerprint density at radius 1 is 1.10 bits per heavy atom. The first-order chi connectivity index (χ1) is 13.8. The summed E-state index contributed by atoms with van der Waals surface area (Å²) in [5.74, 6) is -1.12. The van der Waals surface area contributed by atoms with Gasteiger partial charge in [-0.15, -0.1) is 0 Å². The average Bonchev–Trinajstić information content (AvgIpc) is 3.19. The number of fused-ring (bicyclic) bond motifs is 1. The van der Waals surface area contributed by atoms with Crippen LogP contribution in [0.4, 0.5) is 0 Å². The van der Waals surface area contributed by atoms with E-state index in [4.69, 9.17) is 4.74 Å². The fourth-order valence-corrected chi connectivity index (χ4v) is 3.94. The number of ketones is 1. The molecule has 1 N–H and O–H groups in total. The van der Waals surface area contributed by atoms with Gasteiger partial charge in [-0.3, -0.25) is 9.59 Å². The zero-order valence-electron chi connectivity index (χ0n) is 16.1. The van der Waals surface area contributed by atoms with E-state index in [2.05, 4.69) is 4.72 Å². The Balaban J connectivity index is 1.52. The van der Waals surface area contributed by atoms with E-state index in [9.17, 15) is 18.0 Å². The van der Waals surface area contributed by atoms with Gasteiger partial charge in [0.2, 0.25) is 15.8 Å². The summed E-state index contributed by atoms with van der Waals surface area (Å²) in [7, 11) is -3.81. The Morgan fingerprint density at radius 2 is 1.83 bits per heavy atom. The predicted octanol–water partition coefficient (Wildman–Crippen LogP) is 2.88. The Labute approximate surface area is 170 Å². The summed E-state index contributed by atoms with van der Waals surface area (Å²) >= 11 is 0. The second-order valence-corrected chi connectivity index (χ2v) is 8.56. The van der Waals surface area contributed by atoms with Crippen molar-refractivity contribution in [2.75, 3.05) is 6.54 Å². The number of carbonyl (C=O) groups excluding carboxylic acids is 2. The second kappa shape index (κ2) is 9.15. The third-order valence-electron chi connectivity index (χ3n) is 4.72. The number of aryl methyl sites for hydroxylation is 2. The molecule has 0 aliphatic heterocycles. The minimum atomic E-state index is -3.81. The fraction of sp³-hybridized carbons (Fsp3) is 0.273. The van der Waals surface area contributed by atoms with Crippen LogP contribution in [-0.2, 0) is 32.4 Å². The van der Waals surface area contributed by atoms with Gasteiger partial charge in [0.25, 0.3) is 0 Å². The van der Waals surface area contributed by atoms with Gasteiger partial charge in [0.05, 0.1) is 0 Å². The molecule has 0 unspecified atom stereocenters. The lowest BCUT2D eigenvalue weighted by atomic mass is 10.0. The summed E-state index contributed by atoms with van der Waals surface area (Å²) in [6.07, 6.45) is 3.48. The molecule has 0 spiro atoms. The van der Waals surface area contributed by atoms with Gasteiger partial charge in [0.15, 0.2) is 6.10 Å². The highest BCUT2D eigenvalue weighted by molar-refractivity contribution is 7.92. The second-order valence-electron chi connectivity index (χ2n) is 6.91. The van der Waals surface area contributed by atoms with Crippen LogP contribution in [-0.4, -0.2) is 32.8 Å². The smallest absolute Gasteiger partial charge is 0.321 e. The number of Topliss-reactive ketones (excluding diaryl/α,β-unsaturated/α-hetero) is 1. The molecule has 152 valence electrons. The highest BCUT2D eigenvalue weighted by Gasteiger charge is 2.22. The first-order valence-corrected chi connectivity index (χ1v) is 11.0. The molecule has 0 fully saturated rings. The molecule has 0 amide bonds. The number of benzene rings is 2. The Morgan fingerprint density at radius 3 is 2.59 bits per heavy atom. The molecule has 6 nitrogen and oxygen atoms in total. The first kappa shape index (κ1) is 21.0. The SMILES string of the molecule is C[C@H](OC(=O)CNS(=O)(=O)/C=C/c1ccccc1)C(=O)c1ccc2c(c1)CCC2. The van der Waals surface area contributed by atoms with Crippen molar-refractivity contribution in [2.24, 2.45) is 0 Å². The molecule has 1 aliphatic rings. The van der Waals surface area contributed by atoms with E-state index >= 15 is 0 Å². The van der Waals surface area contributed by atoms with E-state index in [1.165, 1.54) is 18.6 Å². The van der Waals surface area contributed by atoms with Crippen LogP contribution in [0.3, 0.4) is 0 Å². The fourth-order valence-electron chi connectivity index (χ4n) is 3.19. The third-order valence-corrected chi connectivity index (χ3v) is 5.76. The molecule has 0 aromatic heterocycles. The zero-order chi connectivity index (χ0) is 20.9. The van der Waals surface area contributed by atoms with E-state index in [-0.39, 0.29) is 5.78 Å². The number of sulfonamides is 1. The van der Waals surface area contributed by atoms with Gasteiger partial charge in [-0.1, -0.05) is 42.5 Å². The van der Waals surface area contributed by atoms with Gasteiger partial charge in [0, 0.05) is 11.0 Å². The number of hydrogen-bond donors (Lipinski definition) is 1. The number of hydrogen-bond acceptors (Lipinski definition) is 5. The van der Waals surface area contributed by atoms with Crippen molar-refractivity contribution in [1.29, 1.82) is 0 Å². The van der Waals surface area contributed by atoms with Crippen LogP contribution >= 0.6 is 0 Å². The van der Waals surface area contributed by atoms with E-state index in [0.717, 1.165) is 30.2 Å². The third kappa shape index (κ3) is 5.85. The highest BCUT2D eigenvalue weighted by Crippen LogP contribution is 2.23. The Hall–Kier alpha value is -2.77. The van der Waals surface area contributed by atoms with Crippen LogP contribution in [0.2, 0.25) is 0 Å². The van der Waals surface area contributed by atoms with Gasteiger partial charge in [0.1, 0.15) is 6.54 Å². The molecule has 0 saturated carbocycles. The molecular formula is C22H23NO5S. The van der Waals surface area contributed by atoms with Crippen molar-refractivity contribution in [3.63, 3.8) is 0 Å². The molecular weight excluding hydrogens is 390 g/mol. The van der Waals surface area contributed by atoms with E-state index in [1.54, 1.807) is 30.3 Å². The molecule has 3 rings (SSSR count). The summed E-state index contributed by atoms with van der Waals surface area (Å²) in [5, 5.41) is 0.981. The maximum atomic E-state index is 12.5. The Kier molecular flexibility index (Phi) is 6.61. The van der Waals surface area contributed by atoms with Crippen molar-refractivity contribution in [3.05, 3.63) is 76.2 Å². The van der Waals surface area contributed by atoms with Crippen LogP contribution in [0, 0.1) is 0 Å². The van der Waals surface area contributed by atoms with Crippen molar-refractivity contribution < 1.29 is 22.7 Å². The molecule has 29 heavy (non-hydrogen) atoms. The van der Waals surface area contributed by atoms with Crippen LogP contribution in [0.15, 0.2) is 53.9 Å². The monoisotopic (exact) mass is 413 g/mol. The van der Waals surface area contributed by atoms with Crippen LogP contribution in [0.1, 0.15) is 40.4 Å². The summed E-state index contributed by atoms with van der Waals surface area (Å²) in [4.78, 5) is 24.5. The topological polar surface area (TPSA) is 89.5 Å². The van der Waals surface area contributed by atoms with E-state index in [1.807, 2.05) is 18.2 Å². The molecule has 1 atom stereocenters. The largest absolute Gasteiger partial charge is 0.453 e. The van der Waals surface area contributed by atoms with Crippen LogP contribution in [0.5, 0.6) is 0 Å². The van der Waals surface area contributed by atoms with Crippen molar-refractivity contribution >= 4 is 27.9 Å². The minimum Gasteiger partial charge on any atom is -0.453 e. The molecule has 1 aliphatic carbocycles. The molecule has 0 saturated heterocycles. The minimum absolute atomic E-state index is 0.306. The normalized spacial score (nSPS) is 14.5. The quantitative estimate of drug-likeness (QED) is 0.531. The molecule has 2 aromatic carbocycles. The zero-order valence-corrected chi connectivity index (χ0v) is 16.9. The number of rotatable bonds is 8. The predicted molar refractivity (Wildman–Crippen MR) is 111 cm³/mol. The van der Waals surface area contributed by atoms with Crippen molar-refractivity contribution in [2.45, 2.75) is 32.3 Å².